The lowest BCUT2D eigenvalue weighted by molar-refractivity contribution is -0.133. The van der Waals surface area contributed by atoms with Crippen LogP contribution in [0.5, 0.6) is 0 Å². The molecule has 80 valence electrons. The van der Waals surface area contributed by atoms with E-state index in [0.29, 0.717) is 12.5 Å². The Morgan fingerprint density at radius 2 is 2.14 bits per heavy atom. The molecule has 0 aliphatic carbocycles. The van der Waals surface area contributed by atoms with E-state index in [4.69, 9.17) is 5.73 Å². The van der Waals surface area contributed by atoms with Gasteiger partial charge < -0.3 is 11.1 Å². The van der Waals surface area contributed by atoms with Crippen molar-refractivity contribution in [3.05, 3.63) is 0 Å². The largest absolute Gasteiger partial charge is 0.370 e. The van der Waals surface area contributed by atoms with Crippen LogP contribution in [0.1, 0.15) is 6.92 Å². The number of hydrogen-bond donors (Lipinski definition) is 2. The summed E-state index contributed by atoms with van der Waals surface area (Å²) in [5, 5.41) is 2.85. The third-order valence-electron chi connectivity index (χ3n) is 1.42. The molecule has 5 nitrogen and oxygen atoms in total. The number of nitrogens with one attached hydrogen (secondary N) is 1. The van der Waals surface area contributed by atoms with Crippen molar-refractivity contribution in [3.63, 3.8) is 0 Å². The monoisotopic (exact) mass is 217 g/mol. The highest BCUT2D eigenvalue weighted by Gasteiger charge is 2.06. The van der Waals surface area contributed by atoms with Gasteiger partial charge in [0, 0.05) is 26.3 Å². The van der Waals surface area contributed by atoms with E-state index in [1.807, 2.05) is 0 Å². The first-order chi connectivity index (χ1) is 6.57. The quantitative estimate of drug-likeness (QED) is 0.269. The molecule has 3 N–H and O–H groups in total. The zero-order valence-electron chi connectivity index (χ0n) is 8.37. The topological polar surface area (TPSA) is 84.5 Å². The normalized spacial score (nSPS) is 11.1. The number of hydrogen-bond acceptors (Lipinski definition) is 4. The van der Waals surface area contributed by atoms with Crippen LogP contribution in [0.3, 0.4) is 0 Å². The predicted octanol–water partition coefficient (Wildman–Crippen LogP) is -0.588. The molecule has 0 aromatic carbocycles. The summed E-state index contributed by atoms with van der Waals surface area (Å²) in [4.78, 5) is 25.1. The molecule has 0 fully saturated rings. The van der Waals surface area contributed by atoms with Gasteiger partial charge in [0.15, 0.2) is 11.7 Å². The maximum absolute atomic E-state index is 10.9. The average molecular weight is 217 g/mol. The van der Waals surface area contributed by atoms with Crippen molar-refractivity contribution in [2.45, 2.75) is 6.92 Å². The second-order valence-corrected chi connectivity index (χ2v) is 3.67. The summed E-state index contributed by atoms with van der Waals surface area (Å²) < 4.78 is 0. The van der Waals surface area contributed by atoms with E-state index in [9.17, 15) is 9.59 Å². The lowest BCUT2D eigenvalue weighted by Crippen LogP contribution is -2.33. The SMILES string of the molecule is CN=C(N)NCCSCC(=O)C(C)=O. The third kappa shape index (κ3) is 6.47. The van der Waals surface area contributed by atoms with Gasteiger partial charge in [-0.05, 0) is 0 Å². The highest BCUT2D eigenvalue weighted by atomic mass is 32.2. The Morgan fingerprint density at radius 1 is 1.50 bits per heavy atom. The van der Waals surface area contributed by atoms with Gasteiger partial charge in [0.25, 0.3) is 0 Å². The van der Waals surface area contributed by atoms with Crippen LogP contribution in [0, 0.1) is 0 Å². The molecule has 0 rings (SSSR count). The van der Waals surface area contributed by atoms with E-state index in [2.05, 4.69) is 10.3 Å². The Hall–Kier alpha value is -1.04. The summed E-state index contributed by atoms with van der Waals surface area (Å²) in [5.41, 5.74) is 5.37. The number of ketones is 2. The van der Waals surface area contributed by atoms with Gasteiger partial charge >= 0.3 is 0 Å². The molecule has 0 aliphatic rings. The van der Waals surface area contributed by atoms with Crippen molar-refractivity contribution >= 4 is 29.3 Å². The summed E-state index contributed by atoms with van der Waals surface area (Å²) in [6.07, 6.45) is 0. The summed E-state index contributed by atoms with van der Waals surface area (Å²) in [6.45, 7) is 1.92. The fraction of sp³-hybridized carbons (Fsp3) is 0.625. The molecule has 14 heavy (non-hydrogen) atoms. The van der Waals surface area contributed by atoms with Gasteiger partial charge in [-0.1, -0.05) is 0 Å². The van der Waals surface area contributed by atoms with Gasteiger partial charge in [0.1, 0.15) is 0 Å². The molecule has 0 aromatic rings. The second kappa shape index (κ2) is 7.37. The molecule has 0 saturated heterocycles. The standard InChI is InChI=1S/C8H15N3O2S/c1-6(12)7(13)5-14-4-3-11-8(9)10-2/h3-5H2,1-2H3,(H3,9,10,11). The fourth-order valence-corrected chi connectivity index (χ4v) is 1.38. The van der Waals surface area contributed by atoms with Crippen LogP contribution in [0.2, 0.25) is 0 Å². The minimum Gasteiger partial charge on any atom is -0.370 e. The maximum atomic E-state index is 10.9. The minimum absolute atomic E-state index is 0.236. The number of nitrogens with two attached hydrogens (primary N) is 1. The first-order valence-corrected chi connectivity index (χ1v) is 5.31. The van der Waals surface area contributed by atoms with Crippen LogP contribution in [-0.2, 0) is 9.59 Å². The Morgan fingerprint density at radius 3 is 2.64 bits per heavy atom. The Bertz CT molecular complexity index is 241. The lowest BCUT2D eigenvalue weighted by Gasteiger charge is -2.03. The molecular formula is C8H15N3O2S. The number of nitrogens with zero attached hydrogens (tertiary/aromatic N) is 1. The Balaban J connectivity index is 3.39. The van der Waals surface area contributed by atoms with Crippen LogP contribution < -0.4 is 11.1 Å². The van der Waals surface area contributed by atoms with Gasteiger partial charge in [-0.25, -0.2) is 0 Å². The minimum atomic E-state index is -0.389. The van der Waals surface area contributed by atoms with Crippen LogP contribution in [-0.4, -0.2) is 42.6 Å². The van der Waals surface area contributed by atoms with Gasteiger partial charge in [-0.2, -0.15) is 11.8 Å². The zero-order chi connectivity index (χ0) is 11.0. The fourth-order valence-electron chi connectivity index (χ4n) is 0.597. The van der Waals surface area contributed by atoms with Crippen molar-refractivity contribution < 1.29 is 9.59 Å². The smallest absolute Gasteiger partial charge is 0.207 e. The number of carbonyl (C=O) groups excluding carboxylic acids is 2. The molecule has 0 spiro atoms. The van der Waals surface area contributed by atoms with E-state index < -0.39 is 0 Å². The zero-order valence-corrected chi connectivity index (χ0v) is 9.19. The van der Waals surface area contributed by atoms with Gasteiger partial charge in [0.2, 0.25) is 5.78 Å². The number of Topliss-reactive ketones (excluding diaryl/α,β-unsaturated/α-hetero) is 2. The van der Waals surface area contributed by atoms with Gasteiger partial charge in [-0.15, -0.1) is 0 Å². The second-order valence-electron chi connectivity index (χ2n) is 2.57. The lowest BCUT2D eigenvalue weighted by atomic mass is 10.3. The van der Waals surface area contributed by atoms with Crippen molar-refractivity contribution in [1.29, 1.82) is 0 Å². The van der Waals surface area contributed by atoms with Gasteiger partial charge in [-0.3, -0.25) is 14.6 Å². The van der Waals surface area contributed by atoms with Crippen LogP contribution in [0.15, 0.2) is 4.99 Å². The van der Waals surface area contributed by atoms with Gasteiger partial charge in [0.05, 0.1) is 5.75 Å². The maximum Gasteiger partial charge on any atom is 0.207 e. The van der Waals surface area contributed by atoms with Crippen molar-refractivity contribution in [2.75, 3.05) is 25.1 Å². The molecule has 0 radical (unpaired) electrons. The van der Waals surface area contributed by atoms with E-state index in [0.717, 1.165) is 5.75 Å². The summed E-state index contributed by atoms with van der Waals surface area (Å²) >= 11 is 1.40. The molecule has 0 aromatic heterocycles. The van der Waals surface area contributed by atoms with Crippen molar-refractivity contribution in [2.24, 2.45) is 10.7 Å². The molecule has 0 atom stereocenters. The average Bonchev–Trinajstić information content (AvgIpc) is 2.16. The number of rotatable bonds is 6. The summed E-state index contributed by atoms with van der Waals surface area (Å²) in [6, 6.07) is 0. The number of aliphatic imine (C=N–C) groups is 1. The van der Waals surface area contributed by atoms with E-state index in [1.165, 1.54) is 18.7 Å². The molecule has 0 unspecified atom stereocenters. The van der Waals surface area contributed by atoms with Crippen LogP contribution in [0.25, 0.3) is 0 Å². The number of guanidine groups is 1. The summed E-state index contributed by atoms with van der Waals surface area (Å²) in [5.74, 6) is 0.603. The molecular weight excluding hydrogens is 202 g/mol. The molecule has 0 saturated carbocycles. The predicted molar refractivity (Wildman–Crippen MR) is 58.6 cm³/mol. The van der Waals surface area contributed by atoms with Crippen LogP contribution >= 0.6 is 11.8 Å². The molecule has 0 aliphatic heterocycles. The molecule has 0 bridgehead atoms. The number of thioether (sulfide) groups is 1. The van der Waals surface area contributed by atoms with Crippen molar-refractivity contribution in [1.82, 2.24) is 5.32 Å². The highest BCUT2D eigenvalue weighted by Crippen LogP contribution is 1.98. The summed E-state index contributed by atoms with van der Waals surface area (Å²) in [7, 11) is 1.59. The number of carbonyl (C=O) groups is 2. The Kier molecular flexibility index (Phi) is 6.82. The molecule has 6 heteroatoms. The molecule has 0 heterocycles. The Labute approximate surface area is 87.5 Å². The third-order valence-corrected chi connectivity index (χ3v) is 2.38. The first-order valence-electron chi connectivity index (χ1n) is 4.15. The van der Waals surface area contributed by atoms with E-state index in [-0.39, 0.29) is 17.3 Å². The van der Waals surface area contributed by atoms with Crippen molar-refractivity contribution in [3.8, 4) is 0 Å². The highest BCUT2D eigenvalue weighted by molar-refractivity contribution is 8.00. The van der Waals surface area contributed by atoms with E-state index >= 15 is 0 Å². The first kappa shape index (κ1) is 13.0. The molecule has 0 amide bonds. The van der Waals surface area contributed by atoms with Crippen LogP contribution in [0.4, 0.5) is 0 Å². The van der Waals surface area contributed by atoms with E-state index in [1.54, 1.807) is 7.05 Å².